The molecule has 0 saturated heterocycles. The molecule has 0 amide bonds. The van der Waals surface area contributed by atoms with Gasteiger partial charge in [0.1, 0.15) is 5.75 Å². The van der Waals surface area contributed by atoms with Gasteiger partial charge in [0, 0.05) is 5.02 Å². The SMILES string of the molecule is CC(/C=C/c1ccccc1)=N\OC(=O)COc1ccc(Cl)cc1Cl. The van der Waals surface area contributed by atoms with E-state index in [1.165, 1.54) is 6.07 Å². The van der Waals surface area contributed by atoms with Crippen molar-refractivity contribution in [2.45, 2.75) is 6.92 Å². The summed E-state index contributed by atoms with van der Waals surface area (Å²) in [6, 6.07) is 14.4. The van der Waals surface area contributed by atoms with Crippen LogP contribution < -0.4 is 4.74 Å². The lowest BCUT2D eigenvalue weighted by Gasteiger charge is -2.06. The second-order valence-corrected chi connectivity index (χ2v) is 5.65. The molecule has 0 unspecified atom stereocenters. The number of halogens is 2. The van der Waals surface area contributed by atoms with Crippen LogP contribution in [0.15, 0.2) is 59.8 Å². The number of rotatable bonds is 6. The van der Waals surface area contributed by atoms with Crippen molar-refractivity contribution in [3.8, 4) is 5.75 Å². The lowest BCUT2D eigenvalue weighted by molar-refractivity contribution is -0.146. The normalized spacial score (nSPS) is 11.5. The van der Waals surface area contributed by atoms with Crippen molar-refractivity contribution in [2.24, 2.45) is 5.16 Å². The van der Waals surface area contributed by atoms with Crippen LogP contribution in [0.4, 0.5) is 0 Å². The van der Waals surface area contributed by atoms with E-state index in [0.29, 0.717) is 21.5 Å². The topological polar surface area (TPSA) is 47.9 Å². The number of benzene rings is 2. The molecule has 0 N–H and O–H groups in total. The molecule has 0 fully saturated rings. The van der Waals surface area contributed by atoms with Crippen molar-refractivity contribution in [3.63, 3.8) is 0 Å². The largest absolute Gasteiger partial charge is 0.480 e. The molecule has 4 nitrogen and oxygen atoms in total. The first-order valence-electron chi connectivity index (χ1n) is 7.10. The van der Waals surface area contributed by atoms with Gasteiger partial charge in [-0.1, -0.05) is 64.8 Å². The van der Waals surface area contributed by atoms with Crippen LogP contribution in [0.2, 0.25) is 10.0 Å². The van der Waals surface area contributed by atoms with Gasteiger partial charge in [-0.15, -0.1) is 0 Å². The fourth-order valence-corrected chi connectivity index (χ4v) is 2.15. The number of ether oxygens (including phenoxy) is 1. The number of carbonyl (C=O) groups excluding carboxylic acids is 1. The summed E-state index contributed by atoms with van der Waals surface area (Å²) < 4.78 is 5.26. The van der Waals surface area contributed by atoms with E-state index in [1.54, 1.807) is 25.1 Å². The molecule has 0 atom stereocenters. The van der Waals surface area contributed by atoms with Crippen molar-refractivity contribution in [1.82, 2.24) is 0 Å². The minimum Gasteiger partial charge on any atom is -0.480 e. The van der Waals surface area contributed by atoms with E-state index in [0.717, 1.165) is 5.56 Å². The van der Waals surface area contributed by atoms with E-state index in [2.05, 4.69) is 5.16 Å². The number of nitrogens with zero attached hydrogens (tertiary/aromatic N) is 1. The average Bonchev–Trinajstić information content (AvgIpc) is 2.58. The summed E-state index contributed by atoms with van der Waals surface area (Å²) in [5, 5.41) is 4.54. The first-order chi connectivity index (χ1) is 11.5. The van der Waals surface area contributed by atoms with Crippen LogP contribution in [-0.2, 0) is 9.63 Å². The minimum absolute atomic E-state index is 0.305. The van der Waals surface area contributed by atoms with Crippen molar-refractivity contribution >= 4 is 41.0 Å². The van der Waals surface area contributed by atoms with Gasteiger partial charge < -0.3 is 9.57 Å². The van der Waals surface area contributed by atoms with Gasteiger partial charge in [0.15, 0.2) is 6.61 Å². The Kier molecular flexibility index (Phi) is 6.85. The van der Waals surface area contributed by atoms with Gasteiger partial charge in [0.25, 0.3) is 0 Å². The molecule has 6 heteroatoms. The Hall–Kier alpha value is -2.30. The lowest BCUT2D eigenvalue weighted by Crippen LogP contribution is -2.13. The highest BCUT2D eigenvalue weighted by molar-refractivity contribution is 6.35. The van der Waals surface area contributed by atoms with E-state index < -0.39 is 5.97 Å². The van der Waals surface area contributed by atoms with Gasteiger partial charge in [0.2, 0.25) is 0 Å². The Morgan fingerprint density at radius 3 is 2.62 bits per heavy atom. The Balaban J connectivity index is 1.82. The summed E-state index contributed by atoms with van der Waals surface area (Å²) in [6.07, 6.45) is 3.62. The first-order valence-corrected chi connectivity index (χ1v) is 7.85. The monoisotopic (exact) mass is 363 g/mol. The second kappa shape index (κ2) is 9.11. The Bertz CT molecular complexity index is 758. The van der Waals surface area contributed by atoms with Crippen LogP contribution >= 0.6 is 23.2 Å². The van der Waals surface area contributed by atoms with Gasteiger partial charge >= 0.3 is 5.97 Å². The highest BCUT2D eigenvalue weighted by Gasteiger charge is 2.07. The Morgan fingerprint density at radius 2 is 1.92 bits per heavy atom. The van der Waals surface area contributed by atoms with E-state index in [-0.39, 0.29) is 6.61 Å². The van der Waals surface area contributed by atoms with Gasteiger partial charge in [-0.25, -0.2) is 4.79 Å². The molecule has 2 aromatic rings. The lowest BCUT2D eigenvalue weighted by atomic mass is 10.2. The summed E-state index contributed by atoms with van der Waals surface area (Å²) in [6.45, 7) is 1.42. The zero-order chi connectivity index (χ0) is 17.4. The predicted molar refractivity (Wildman–Crippen MR) is 96.6 cm³/mol. The van der Waals surface area contributed by atoms with Crippen LogP contribution in [-0.4, -0.2) is 18.3 Å². The number of hydrogen-bond donors (Lipinski definition) is 0. The summed E-state index contributed by atoms with van der Waals surface area (Å²) >= 11 is 11.7. The summed E-state index contributed by atoms with van der Waals surface area (Å²) in [4.78, 5) is 16.4. The molecule has 0 aromatic heterocycles. The van der Waals surface area contributed by atoms with Crippen molar-refractivity contribution in [2.75, 3.05) is 6.61 Å². The Morgan fingerprint density at radius 1 is 1.17 bits per heavy atom. The van der Waals surface area contributed by atoms with Crippen molar-refractivity contribution in [3.05, 3.63) is 70.2 Å². The first kappa shape index (κ1) is 18.0. The average molecular weight is 364 g/mol. The van der Waals surface area contributed by atoms with Crippen LogP contribution in [0.3, 0.4) is 0 Å². The maximum Gasteiger partial charge on any atom is 0.372 e. The highest BCUT2D eigenvalue weighted by atomic mass is 35.5. The van der Waals surface area contributed by atoms with Gasteiger partial charge in [-0.05, 0) is 36.8 Å². The smallest absolute Gasteiger partial charge is 0.372 e. The third-order valence-electron chi connectivity index (χ3n) is 2.85. The van der Waals surface area contributed by atoms with E-state index in [1.807, 2.05) is 36.4 Å². The van der Waals surface area contributed by atoms with Crippen molar-refractivity contribution < 1.29 is 14.4 Å². The number of hydrogen-bond acceptors (Lipinski definition) is 4. The molecule has 24 heavy (non-hydrogen) atoms. The molecule has 0 radical (unpaired) electrons. The highest BCUT2D eigenvalue weighted by Crippen LogP contribution is 2.27. The van der Waals surface area contributed by atoms with Crippen molar-refractivity contribution in [1.29, 1.82) is 0 Å². The van der Waals surface area contributed by atoms with E-state index >= 15 is 0 Å². The number of carbonyl (C=O) groups is 1. The third-order valence-corrected chi connectivity index (χ3v) is 3.38. The third kappa shape index (κ3) is 6.07. The van der Waals surface area contributed by atoms with Gasteiger partial charge in [-0.2, -0.15) is 0 Å². The molecule has 0 spiro atoms. The molecule has 2 aromatic carbocycles. The molecule has 0 saturated carbocycles. The zero-order valence-electron chi connectivity index (χ0n) is 12.9. The van der Waals surface area contributed by atoms with Crippen LogP contribution in [0.25, 0.3) is 6.08 Å². The van der Waals surface area contributed by atoms with E-state index in [9.17, 15) is 4.79 Å². The van der Waals surface area contributed by atoms with Crippen LogP contribution in [0.5, 0.6) is 5.75 Å². The van der Waals surface area contributed by atoms with Crippen LogP contribution in [0.1, 0.15) is 12.5 Å². The second-order valence-electron chi connectivity index (χ2n) is 4.80. The number of allylic oxidation sites excluding steroid dienone is 1. The molecule has 0 heterocycles. The molecule has 0 bridgehead atoms. The Labute approximate surface area is 150 Å². The molecule has 2 rings (SSSR count). The maximum absolute atomic E-state index is 11.6. The fraction of sp³-hybridized carbons (Fsp3) is 0.111. The molecule has 0 aliphatic carbocycles. The molecular formula is C18H15Cl2NO3. The predicted octanol–water partition coefficient (Wildman–Crippen LogP) is 5.00. The number of oxime groups is 1. The summed E-state index contributed by atoms with van der Waals surface area (Å²) in [7, 11) is 0. The fourth-order valence-electron chi connectivity index (χ4n) is 1.69. The summed E-state index contributed by atoms with van der Waals surface area (Å²) in [5.74, 6) is -0.281. The molecular weight excluding hydrogens is 349 g/mol. The maximum atomic E-state index is 11.6. The minimum atomic E-state index is -0.631. The molecule has 0 aliphatic rings. The van der Waals surface area contributed by atoms with Crippen LogP contribution in [0, 0.1) is 0 Å². The van der Waals surface area contributed by atoms with E-state index in [4.69, 9.17) is 32.8 Å². The van der Waals surface area contributed by atoms with Gasteiger partial charge in [-0.3, -0.25) is 0 Å². The summed E-state index contributed by atoms with van der Waals surface area (Å²) in [5.41, 5.74) is 1.58. The van der Waals surface area contributed by atoms with Gasteiger partial charge in [0.05, 0.1) is 10.7 Å². The quantitative estimate of drug-likeness (QED) is 0.412. The zero-order valence-corrected chi connectivity index (χ0v) is 14.4. The molecule has 0 aliphatic heterocycles. The molecule has 124 valence electrons. The standard InChI is InChI=1S/C18H15Cl2NO3/c1-13(7-8-14-5-3-2-4-6-14)21-24-18(22)12-23-17-10-9-15(19)11-16(17)20/h2-11H,12H2,1H3/b8-7+,21-13+.